The van der Waals surface area contributed by atoms with E-state index in [1.54, 1.807) is 0 Å². The first-order chi connectivity index (χ1) is 11.1. The van der Waals surface area contributed by atoms with E-state index >= 15 is 0 Å². The van der Waals surface area contributed by atoms with Crippen LogP contribution in [0.2, 0.25) is 0 Å². The Morgan fingerprint density at radius 2 is 1.83 bits per heavy atom. The summed E-state index contributed by atoms with van der Waals surface area (Å²) in [6.07, 6.45) is 0.909. The largest absolute Gasteiger partial charge is 0.492 e. The summed E-state index contributed by atoms with van der Waals surface area (Å²) in [6, 6.07) is 10.3. The molecular formula is C17H18F2N2O2. The van der Waals surface area contributed by atoms with Gasteiger partial charge in [0.2, 0.25) is 0 Å². The molecule has 2 N–H and O–H groups in total. The number of carbonyl (C=O) groups excluding carboxylic acids is 1. The maximum Gasteiger partial charge on any atom is 0.319 e. The third-order valence-corrected chi connectivity index (χ3v) is 3.16. The predicted octanol–water partition coefficient (Wildman–Crippen LogP) is 3.73. The van der Waals surface area contributed by atoms with Gasteiger partial charge in [-0.25, -0.2) is 13.6 Å². The van der Waals surface area contributed by atoms with E-state index in [1.165, 1.54) is 6.07 Å². The number of amides is 2. The zero-order valence-electron chi connectivity index (χ0n) is 12.7. The molecule has 0 aliphatic rings. The monoisotopic (exact) mass is 320 g/mol. The maximum absolute atomic E-state index is 13.4. The van der Waals surface area contributed by atoms with E-state index in [2.05, 4.69) is 10.6 Å². The quantitative estimate of drug-likeness (QED) is 0.797. The number of nitrogens with one attached hydrogen (secondary N) is 2. The number of aryl methyl sites for hydroxylation is 1. The van der Waals surface area contributed by atoms with Gasteiger partial charge in [-0.05, 0) is 36.2 Å². The standard InChI is InChI=1S/C17H18F2N2O2/c1-2-12-5-3-6-13(11-12)23-10-9-20-17(22)21-16-14(18)7-4-8-15(16)19/h3-8,11H,2,9-10H2,1H3,(H2,20,21,22). The molecule has 0 heterocycles. The van der Waals surface area contributed by atoms with Gasteiger partial charge in [-0.1, -0.05) is 25.1 Å². The first-order valence-corrected chi connectivity index (χ1v) is 7.30. The van der Waals surface area contributed by atoms with Crippen molar-refractivity contribution >= 4 is 11.7 Å². The second-order valence-corrected chi connectivity index (χ2v) is 4.83. The normalized spacial score (nSPS) is 10.2. The van der Waals surface area contributed by atoms with Gasteiger partial charge in [0.05, 0.1) is 6.54 Å². The number of hydrogen-bond acceptors (Lipinski definition) is 2. The van der Waals surface area contributed by atoms with Gasteiger partial charge in [0.25, 0.3) is 0 Å². The molecule has 0 radical (unpaired) electrons. The Morgan fingerprint density at radius 1 is 1.13 bits per heavy atom. The Hall–Kier alpha value is -2.63. The van der Waals surface area contributed by atoms with Crippen LogP contribution >= 0.6 is 0 Å². The zero-order valence-corrected chi connectivity index (χ0v) is 12.7. The number of urea groups is 1. The van der Waals surface area contributed by atoms with Crippen LogP contribution in [0.4, 0.5) is 19.3 Å². The molecule has 4 nitrogen and oxygen atoms in total. The van der Waals surface area contributed by atoms with E-state index in [-0.39, 0.29) is 13.2 Å². The summed E-state index contributed by atoms with van der Waals surface area (Å²) in [7, 11) is 0. The Bertz CT molecular complexity index is 657. The smallest absolute Gasteiger partial charge is 0.319 e. The maximum atomic E-state index is 13.4. The van der Waals surface area contributed by atoms with E-state index < -0.39 is 23.4 Å². The third kappa shape index (κ3) is 4.95. The molecule has 0 saturated carbocycles. The molecule has 0 aliphatic heterocycles. The minimum Gasteiger partial charge on any atom is -0.492 e. The van der Waals surface area contributed by atoms with Crippen LogP contribution in [-0.2, 0) is 6.42 Å². The molecule has 2 aromatic carbocycles. The summed E-state index contributed by atoms with van der Waals surface area (Å²) >= 11 is 0. The molecule has 2 aromatic rings. The molecule has 6 heteroatoms. The van der Waals surface area contributed by atoms with Gasteiger partial charge >= 0.3 is 6.03 Å². The Morgan fingerprint density at radius 3 is 2.52 bits per heavy atom. The zero-order chi connectivity index (χ0) is 16.7. The highest BCUT2D eigenvalue weighted by atomic mass is 19.1. The van der Waals surface area contributed by atoms with Gasteiger partial charge < -0.3 is 15.4 Å². The van der Waals surface area contributed by atoms with Crippen molar-refractivity contribution in [1.82, 2.24) is 5.32 Å². The molecule has 2 amide bonds. The topological polar surface area (TPSA) is 50.4 Å². The average molecular weight is 320 g/mol. The molecule has 0 fully saturated rings. The van der Waals surface area contributed by atoms with Crippen LogP contribution in [0.1, 0.15) is 12.5 Å². The molecule has 122 valence electrons. The number of carbonyl (C=O) groups is 1. The molecule has 23 heavy (non-hydrogen) atoms. The molecular weight excluding hydrogens is 302 g/mol. The van der Waals surface area contributed by atoms with Crippen molar-refractivity contribution in [2.45, 2.75) is 13.3 Å². The Labute approximate surface area is 133 Å². The number of benzene rings is 2. The van der Waals surface area contributed by atoms with Gasteiger partial charge in [-0.15, -0.1) is 0 Å². The highest BCUT2D eigenvalue weighted by Crippen LogP contribution is 2.17. The van der Waals surface area contributed by atoms with Gasteiger partial charge in [0.15, 0.2) is 0 Å². The van der Waals surface area contributed by atoms with Crippen LogP contribution in [0.5, 0.6) is 5.75 Å². The lowest BCUT2D eigenvalue weighted by atomic mass is 10.2. The van der Waals surface area contributed by atoms with Gasteiger partial charge in [-0.3, -0.25) is 0 Å². The number of halogens is 2. The highest BCUT2D eigenvalue weighted by Gasteiger charge is 2.11. The number of hydrogen-bond donors (Lipinski definition) is 2. The number of ether oxygens (including phenoxy) is 1. The van der Waals surface area contributed by atoms with Crippen molar-refractivity contribution in [2.75, 3.05) is 18.5 Å². The van der Waals surface area contributed by atoms with Crippen molar-refractivity contribution in [2.24, 2.45) is 0 Å². The van der Waals surface area contributed by atoms with E-state index in [1.807, 2.05) is 31.2 Å². The summed E-state index contributed by atoms with van der Waals surface area (Å²) in [6.45, 7) is 2.51. The van der Waals surface area contributed by atoms with Gasteiger partial charge in [-0.2, -0.15) is 0 Å². The lowest BCUT2D eigenvalue weighted by molar-refractivity contribution is 0.247. The molecule has 0 saturated heterocycles. The second-order valence-electron chi connectivity index (χ2n) is 4.83. The van der Waals surface area contributed by atoms with Crippen LogP contribution in [0.3, 0.4) is 0 Å². The lowest BCUT2D eigenvalue weighted by Gasteiger charge is -2.10. The van der Waals surface area contributed by atoms with E-state index in [9.17, 15) is 13.6 Å². The summed E-state index contributed by atoms with van der Waals surface area (Å²) in [5.41, 5.74) is 0.685. The predicted molar refractivity (Wildman–Crippen MR) is 84.7 cm³/mol. The summed E-state index contributed by atoms with van der Waals surface area (Å²) in [4.78, 5) is 11.6. The average Bonchev–Trinajstić information content (AvgIpc) is 2.55. The molecule has 0 aliphatic carbocycles. The SMILES string of the molecule is CCc1cccc(OCCNC(=O)Nc2c(F)cccc2F)c1. The molecule has 0 atom stereocenters. The Kier molecular flexibility index (Phi) is 5.91. The van der Waals surface area contributed by atoms with Gasteiger partial charge in [0.1, 0.15) is 29.7 Å². The molecule has 2 rings (SSSR count). The molecule has 0 unspecified atom stereocenters. The first-order valence-electron chi connectivity index (χ1n) is 7.30. The van der Waals surface area contributed by atoms with E-state index in [0.717, 1.165) is 24.1 Å². The Balaban J connectivity index is 1.76. The first kappa shape index (κ1) is 16.7. The van der Waals surface area contributed by atoms with Crippen molar-refractivity contribution in [3.05, 3.63) is 59.7 Å². The highest BCUT2D eigenvalue weighted by molar-refractivity contribution is 5.89. The molecule has 0 bridgehead atoms. The fraction of sp³-hybridized carbons (Fsp3) is 0.235. The number of anilines is 1. The van der Waals surface area contributed by atoms with E-state index in [0.29, 0.717) is 5.75 Å². The van der Waals surface area contributed by atoms with Crippen LogP contribution in [0.15, 0.2) is 42.5 Å². The summed E-state index contributed by atoms with van der Waals surface area (Å²) < 4.78 is 32.3. The summed E-state index contributed by atoms with van der Waals surface area (Å²) in [5, 5.41) is 4.62. The van der Waals surface area contributed by atoms with Crippen molar-refractivity contribution in [1.29, 1.82) is 0 Å². The van der Waals surface area contributed by atoms with Crippen LogP contribution in [0, 0.1) is 11.6 Å². The van der Waals surface area contributed by atoms with Crippen LogP contribution in [-0.4, -0.2) is 19.2 Å². The second kappa shape index (κ2) is 8.12. The number of para-hydroxylation sites is 1. The lowest BCUT2D eigenvalue weighted by Crippen LogP contribution is -2.32. The fourth-order valence-electron chi connectivity index (χ4n) is 1.96. The summed E-state index contributed by atoms with van der Waals surface area (Å²) in [5.74, 6) is -0.938. The molecule has 0 spiro atoms. The van der Waals surface area contributed by atoms with Gasteiger partial charge in [0, 0.05) is 0 Å². The molecule has 0 aromatic heterocycles. The third-order valence-electron chi connectivity index (χ3n) is 3.16. The van der Waals surface area contributed by atoms with Crippen molar-refractivity contribution in [3.63, 3.8) is 0 Å². The van der Waals surface area contributed by atoms with Crippen LogP contribution < -0.4 is 15.4 Å². The number of rotatable bonds is 6. The van der Waals surface area contributed by atoms with Crippen molar-refractivity contribution in [3.8, 4) is 5.75 Å². The van der Waals surface area contributed by atoms with Crippen molar-refractivity contribution < 1.29 is 18.3 Å². The van der Waals surface area contributed by atoms with Crippen LogP contribution in [0.25, 0.3) is 0 Å². The minimum atomic E-state index is -0.826. The van der Waals surface area contributed by atoms with E-state index in [4.69, 9.17) is 4.74 Å². The minimum absolute atomic E-state index is 0.207. The fourth-order valence-corrected chi connectivity index (χ4v) is 1.96.